The van der Waals surface area contributed by atoms with E-state index in [4.69, 9.17) is 10.4 Å². The minimum absolute atomic E-state index is 0.134. The number of rotatable bonds is 3. The zero-order chi connectivity index (χ0) is 14.5. The SMILES string of the molecule is N#Cc1ccccc1C(=C(O)C(=O)O)c1ccccc1. The Morgan fingerprint density at radius 1 is 0.950 bits per heavy atom. The van der Waals surface area contributed by atoms with Crippen molar-refractivity contribution in [1.82, 2.24) is 0 Å². The molecular weight excluding hydrogens is 254 g/mol. The summed E-state index contributed by atoms with van der Waals surface area (Å²) in [5.41, 5.74) is 1.37. The number of aliphatic carboxylic acids is 1. The summed E-state index contributed by atoms with van der Waals surface area (Å²) in [6.45, 7) is 0. The smallest absolute Gasteiger partial charge is 0.371 e. The quantitative estimate of drug-likeness (QED) is 0.660. The van der Waals surface area contributed by atoms with Gasteiger partial charge in [0.15, 0.2) is 0 Å². The van der Waals surface area contributed by atoms with Crippen LogP contribution in [0.4, 0.5) is 0 Å². The lowest BCUT2D eigenvalue weighted by atomic mass is 9.93. The van der Waals surface area contributed by atoms with Crippen molar-refractivity contribution in [2.45, 2.75) is 0 Å². The predicted octanol–water partition coefficient (Wildman–Crippen LogP) is 2.96. The van der Waals surface area contributed by atoms with Gasteiger partial charge in [-0.05, 0) is 11.6 Å². The second-order valence-corrected chi connectivity index (χ2v) is 4.05. The molecule has 0 fully saturated rings. The molecule has 0 aliphatic carbocycles. The maximum Gasteiger partial charge on any atom is 0.371 e. The first-order valence-electron chi connectivity index (χ1n) is 5.86. The average molecular weight is 265 g/mol. The first kappa shape index (κ1) is 13.4. The number of carbonyl (C=O) groups is 1. The Labute approximate surface area is 115 Å². The van der Waals surface area contributed by atoms with Gasteiger partial charge in [0.25, 0.3) is 0 Å². The molecule has 0 atom stereocenters. The average Bonchev–Trinajstić information content (AvgIpc) is 2.49. The predicted molar refractivity (Wildman–Crippen MR) is 73.9 cm³/mol. The van der Waals surface area contributed by atoms with Crippen molar-refractivity contribution in [3.05, 3.63) is 77.0 Å². The van der Waals surface area contributed by atoms with Gasteiger partial charge in [-0.2, -0.15) is 5.26 Å². The minimum atomic E-state index is -1.43. The van der Waals surface area contributed by atoms with E-state index < -0.39 is 11.7 Å². The molecule has 2 rings (SSSR count). The molecule has 98 valence electrons. The molecule has 2 aromatic carbocycles. The molecule has 0 aliphatic rings. The summed E-state index contributed by atoms with van der Waals surface area (Å²) >= 11 is 0. The molecule has 20 heavy (non-hydrogen) atoms. The van der Waals surface area contributed by atoms with Crippen LogP contribution in [0.3, 0.4) is 0 Å². The Hall–Kier alpha value is -3.06. The molecule has 2 N–H and O–H groups in total. The number of carboxylic acids is 1. The van der Waals surface area contributed by atoms with Crippen LogP contribution >= 0.6 is 0 Å². The van der Waals surface area contributed by atoms with Crippen molar-refractivity contribution in [2.24, 2.45) is 0 Å². The van der Waals surface area contributed by atoms with E-state index in [2.05, 4.69) is 0 Å². The van der Waals surface area contributed by atoms with Gasteiger partial charge in [-0.3, -0.25) is 0 Å². The van der Waals surface area contributed by atoms with Crippen LogP contribution in [0.25, 0.3) is 5.57 Å². The number of aliphatic hydroxyl groups excluding tert-OH is 1. The number of hydrogen-bond donors (Lipinski definition) is 2. The van der Waals surface area contributed by atoms with E-state index >= 15 is 0 Å². The Morgan fingerprint density at radius 3 is 2.15 bits per heavy atom. The van der Waals surface area contributed by atoms with Crippen LogP contribution in [0.1, 0.15) is 16.7 Å². The van der Waals surface area contributed by atoms with Gasteiger partial charge >= 0.3 is 5.97 Å². The summed E-state index contributed by atoms with van der Waals surface area (Å²) in [5, 5.41) is 28.1. The highest BCUT2D eigenvalue weighted by Crippen LogP contribution is 2.28. The second-order valence-electron chi connectivity index (χ2n) is 4.05. The van der Waals surface area contributed by atoms with Crippen LogP contribution in [0.5, 0.6) is 0 Å². The van der Waals surface area contributed by atoms with Crippen LogP contribution in [0, 0.1) is 11.3 Å². The monoisotopic (exact) mass is 265 g/mol. The molecule has 0 heterocycles. The van der Waals surface area contributed by atoms with Gasteiger partial charge in [-0.1, -0.05) is 48.5 Å². The first-order chi connectivity index (χ1) is 9.65. The fraction of sp³-hybridized carbons (Fsp3) is 0. The highest BCUT2D eigenvalue weighted by Gasteiger charge is 2.19. The molecule has 0 bridgehead atoms. The Balaban J connectivity index is 2.76. The number of carboxylic acid groups (broad SMARTS) is 1. The fourth-order valence-corrected chi connectivity index (χ4v) is 1.93. The van der Waals surface area contributed by atoms with Crippen LogP contribution < -0.4 is 0 Å². The summed E-state index contributed by atoms with van der Waals surface area (Å²) in [6, 6.07) is 17.2. The van der Waals surface area contributed by atoms with E-state index in [0.29, 0.717) is 16.7 Å². The Morgan fingerprint density at radius 2 is 1.55 bits per heavy atom. The van der Waals surface area contributed by atoms with Gasteiger partial charge in [0.1, 0.15) is 0 Å². The molecule has 0 saturated heterocycles. The molecule has 0 radical (unpaired) electrons. The maximum absolute atomic E-state index is 11.1. The van der Waals surface area contributed by atoms with E-state index in [-0.39, 0.29) is 5.57 Å². The molecule has 0 amide bonds. The zero-order valence-electron chi connectivity index (χ0n) is 10.4. The summed E-state index contributed by atoms with van der Waals surface area (Å²) < 4.78 is 0. The highest BCUT2D eigenvalue weighted by atomic mass is 16.4. The van der Waals surface area contributed by atoms with Crippen LogP contribution in [0.15, 0.2) is 60.4 Å². The molecule has 2 aromatic rings. The third-order valence-corrected chi connectivity index (χ3v) is 2.82. The molecule has 4 nitrogen and oxygen atoms in total. The summed E-state index contributed by atoms with van der Waals surface area (Å²) in [5.74, 6) is -2.21. The van der Waals surface area contributed by atoms with Gasteiger partial charge in [0, 0.05) is 11.1 Å². The van der Waals surface area contributed by atoms with E-state index in [0.717, 1.165) is 0 Å². The van der Waals surface area contributed by atoms with E-state index in [9.17, 15) is 9.90 Å². The molecule has 4 heteroatoms. The summed E-state index contributed by atoms with van der Waals surface area (Å²) in [4.78, 5) is 11.1. The van der Waals surface area contributed by atoms with Crippen molar-refractivity contribution in [3.8, 4) is 6.07 Å². The maximum atomic E-state index is 11.1. The van der Waals surface area contributed by atoms with E-state index in [1.165, 1.54) is 0 Å². The van der Waals surface area contributed by atoms with Crippen molar-refractivity contribution in [3.63, 3.8) is 0 Å². The molecule has 0 aliphatic heterocycles. The summed E-state index contributed by atoms with van der Waals surface area (Å²) in [7, 11) is 0. The van der Waals surface area contributed by atoms with Crippen LogP contribution in [-0.4, -0.2) is 16.2 Å². The molecule has 0 spiro atoms. The number of aliphatic hydroxyl groups is 1. The number of benzene rings is 2. The Kier molecular flexibility index (Phi) is 3.82. The Bertz CT molecular complexity index is 712. The number of nitriles is 1. The molecule has 0 saturated carbocycles. The molecule has 0 aromatic heterocycles. The van der Waals surface area contributed by atoms with Crippen LogP contribution in [0.2, 0.25) is 0 Å². The van der Waals surface area contributed by atoms with E-state index in [1.807, 2.05) is 6.07 Å². The zero-order valence-corrected chi connectivity index (χ0v) is 10.4. The number of nitrogens with zero attached hydrogens (tertiary/aromatic N) is 1. The number of hydrogen-bond acceptors (Lipinski definition) is 3. The fourth-order valence-electron chi connectivity index (χ4n) is 1.93. The standard InChI is InChI=1S/C16H11NO3/c17-10-12-8-4-5-9-13(12)14(15(18)16(19)20)11-6-2-1-3-7-11/h1-9,18H,(H,19,20). The lowest BCUT2D eigenvalue weighted by molar-refractivity contribution is -0.135. The van der Waals surface area contributed by atoms with Crippen LogP contribution in [-0.2, 0) is 4.79 Å². The van der Waals surface area contributed by atoms with Crippen molar-refractivity contribution in [1.29, 1.82) is 5.26 Å². The highest BCUT2D eigenvalue weighted by molar-refractivity contribution is 5.99. The third-order valence-electron chi connectivity index (χ3n) is 2.82. The third kappa shape index (κ3) is 2.52. The van der Waals surface area contributed by atoms with Gasteiger partial charge in [0.05, 0.1) is 11.6 Å². The summed E-state index contributed by atoms with van der Waals surface area (Å²) in [6.07, 6.45) is 0. The lowest BCUT2D eigenvalue weighted by Crippen LogP contribution is -2.05. The first-order valence-corrected chi connectivity index (χ1v) is 5.86. The second kappa shape index (κ2) is 5.72. The van der Waals surface area contributed by atoms with Crippen molar-refractivity contribution < 1.29 is 15.0 Å². The molecular formula is C16H11NO3. The van der Waals surface area contributed by atoms with Crippen molar-refractivity contribution in [2.75, 3.05) is 0 Å². The normalized spacial score (nSPS) is 11.3. The van der Waals surface area contributed by atoms with Gasteiger partial charge in [-0.15, -0.1) is 0 Å². The van der Waals surface area contributed by atoms with Gasteiger partial charge < -0.3 is 10.2 Å². The lowest BCUT2D eigenvalue weighted by Gasteiger charge is -2.11. The minimum Gasteiger partial charge on any atom is -0.501 e. The topological polar surface area (TPSA) is 81.3 Å². The van der Waals surface area contributed by atoms with Gasteiger partial charge in [0.2, 0.25) is 5.76 Å². The largest absolute Gasteiger partial charge is 0.501 e. The van der Waals surface area contributed by atoms with Gasteiger partial charge in [-0.25, -0.2) is 4.79 Å². The van der Waals surface area contributed by atoms with Crippen molar-refractivity contribution >= 4 is 11.5 Å². The molecule has 0 unspecified atom stereocenters. The van der Waals surface area contributed by atoms with E-state index in [1.54, 1.807) is 54.6 Å².